The summed E-state index contributed by atoms with van der Waals surface area (Å²) in [5.74, 6) is 2.67. The minimum Gasteiger partial charge on any atom is -0.493 e. The van der Waals surface area contributed by atoms with Crippen LogP contribution in [0.15, 0.2) is 41.2 Å². The zero-order valence-electron chi connectivity index (χ0n) is 19.3. The summed E-state index contributed by atoms with van der Waals surface area (Å²) in [7, 11) is 3.12. The van der Waals surface area contributed by atoms with Crippen LogP contribution in [0.3, 0.4) is 0 Å². The van der Waals surface area contributed by atoms with Gasteiger partial charge in [0, 0.05) is 12.1 Å². The monoisotopic (exact) mass is 423 g/mol. The van der Waals surface area contributed by atoms with E-state index in [2.05, 4.69) is 67.2 Å². The van der Waals surface area contributed by atoms with Gasteiger partial charge in [0.1, 0.15) is 5.82 Å². The van der Waals surface area contributed by atoms with Crippen LogP contribution in [0.4, 0.5) is 0 Å². The zero-order chi connectivity index (χ0) is 22.5. The van der Waals surface area contributed by atoms with Gasteiger partial charge in [-0.2, -0.15) is 0 Å². The van der Waals surface area contributed by atoms with Gasteiger partial charge in [-0.15, -0.1) is 0 Å². The number of ether oxygens (including phenoxy) is 2. The first kappa shape index (κ1) is 22.8. The van der Waals surface area contributed by atoms with Gasteiger partial charge in [0.25, 0.3) is 5.56 Å². The number of nitrogens with zero attached hydrogens (tertiary/aromatic N) is 1. The average Bonchev–Trinajstić information content (AvgIpc) is 2.73. The van der Waals surface area contributed by atoms with Crippen molar-refractivity contribution < 1.29 is 9.47 Å². The minimum atomic E-state index is -0.193. The van der Waals surface area contributed by atoms with Gasteiger partial charge in [0.15, 0.2) is 11.5 Å². The summed E-state index contributed by atoms with van der Waals surface area (Å²) in [6.07, 6.45) is 1.08. The van der Waals surface area contributed by atoms with Crippen molar-refractivity contribution in [3.05, 3.63) is 63.7 Å². The number of benzene rings is 2. The third-order valence-corrected chi connectivity index (χ3v) is 5.40. The summed E-state index contributed by atoms with van der Waals surface area (Å²) in [6, 6.07) is 12.4. The molecule has 0 unspecified atom stereocenters. The molecule has 3 aromatic rings. The highest BCUT2D eigenvalue weighted by Crippen LogP contribution is 2.30. The molecule has 0 aliphatic rings. The molecule has 3 rings (SSSR count). The van der Waals surface area contributed by atoms with E-state index in [0.717, 1.165) is 6.42 Å². The van der Waals surface area contributed by atoms with Crippen molar-refractivity contribution >= 4 is 10.9 Å². The summed E-state index contributed by atoms with van der Waals surface area (Å²) in [5.41, 5.74) is 2.97. The first-order chi connectivity index (χ1) is 14.8. The summed E-state index contributed by atoms with van der Waals surface area (Å²) >= 11 is 0. The van der Waals surface area contributed by atoms with E-state index in [9.17, 15) is 4.79 Å². The molecule has 0 fully saturated rings. The second-order valence-corrected chi connectivity index (χ2v) is 8.68. The van der Waals surface area contributed by atoms with Gasteiger partial charge < -0.3 is 19.8 Å². The molecule has 2 N–H and O–H groups in total. The van der Waals surface area contributed by atoms with E-state index in [1.54, 1.807) is 26.4 Å². The summed E-state index contributed by atoms with van der Waals surface area (Å²) < 4.78 is 10.6. The molecule has 1 aromatic heterocycles. The first-order valence-electron chi connectivity index (χ1n) is 10.8. The van der Waals surface area contributed by atoms with Crippen LogP contribution >= 0.6 is 0 Å². The predicted molar refractivity (Wildman–Crippen MR) is 125 cm³/mol. The number of nitrogens with one attached hydrogen (secondary N) is 2. The molecule has 6 nitrogen and oxygen atoms in total. The molecule has 2 aromatic carbocycles. The van der Waals surface area contributed by atoms with Gasteiger partial charge in [-0.25, -0.2) is 4.98 Å². The molecule has 6 heteroatoms. The largest absolute Gasteiger partial charge is 0.493 e. The lowest BCUT2D eigenvalue weighted by atomic mass is 9.93. The molecule has 31 heavy (non-hydrogen) atoms. The summed E-state index contributed by atoms with van der Waals surface area (Å²) in [6.45, 7) is 9.29. The van der Waals surface area contributed by atoms with Crippen LogP contribution < -0.4 is 20.3 Å². The predicted octanol–water partition coefficient (Wildman–Crippen LogP) is 4.63. The number of fused-ring (bicyclic) bond motifs is 1. The van der Waals surface area contributed by atoms with E-state index in [-0.39, 0.29) is 11.6 Å². The van der Waals surface area contributed by atoms with Crippen LogP contribution in [0.5, 0.6) is 11.5 Å². The van der Waals surface area contributed by atoms with E-state index >= 15 is 0 Å². The molecule has 1 heterocycles. The minimum absolute atomic E-state index is 0.152. The number of hydrogen-bond acceptors (Lipinski definition) is 5. The van der Waals surface area contributed by atoms with Crippen molar-refractivity contribution in [1.29, 1.82) is 0 Å². The first-order valence-corrected chi connectivity index (χ1v) is 10.8. The Morgan fingerprint density at radius 2 is 1.65 bits per heavy atom. The molecule has 0 spiro atoms. The van der Waals surface area contributed by atoms with E-state index in [1.807, 2.05) is 0 Å². The van der Waals surface area contributed by atoms with Gasteiger partial charge in [-0.3, -0.25) is 4.79 Å². The van der Waals surface area contributed by atoms with Crippen molar-refractivity contribution in [2.24, 2.45) is 11.8 Å². The number of H-pyrrole nitrogens is 1. The summed E-state index contributed by atoms with van der Waals surface area (Å²) in [4.78, 5) is 20.1. The Labute approximate surface area is 184 Å². The lowest BCUT2D eigenvalue weighted by molar-refractivity contribution is 0.355. The Hall–Kier alpha value is -2.86. The van der Waals surface area contributed by atoms with Gasteiger partial charge in [-0.1, -0.05) is 52.0 Å². The van der Waals surface area contributed by atoms with Crippen molar-refractivity contribution in [2.45, 2.75) is 46.7 Å². The topological polar surface area (TPSA) is 76.2 Å². The Kier molecular flexibility index (Phi) is 7.33. The van der Waals surface area contributed by atoms with Crippen molar-refractivity contribution in [3.8, 4) is 11.5 Å². The lowest BCUT2D eigenvalue weighted by Gasteiger charge is -2.23. The average molecular weight is 424 g/mol. The molecule has 0 aliphatic heterocycles. The molecule has 0 bridgehead atoms. The number of hydrogen-bond donors (Lipinski definition) is 2. The summed E-state index contributed by atoms with van der Waals surface area (Å²) in [5, 5.41) is 4.04. The van der Waals surface area contributed by atoms with E-state index < -0.39 is 0 Å². The van der Waals surface area contributed by atoms with Crippen LogP contribution in [0.25, 0.3) is 10.9 Å². The fourth-order valence-corrected chi connectivity index (χ4v) is 3.88. The van der Waals surface area contributed by atoms with E-state index in [1.165, 1.54) is 11.1 Å². The van der Waals surface area contributed by atoms with Gasteiger partial charge in [0.05, 0.1) is 31.7 Å². The highest BCUT2D eigenvalue weighted by Gasteiger charge is 2.17. The van der Waals surface area contributed by atoms with Crippen LogP contribution in [-0.2, 0) is 13.0 Å². The second kappa shape index (κ2) is 9.96. The maximum Gasteiger partial charge on any atom is 0.258 e. The smallest absolute Gasteiger partial charge is 0.258 e. The van der Waals surface area contributed by atoms with Gasteiger partial charge in [0.2, 0.25) is 0 Å². The molecular weight excluding hydrogens is 390 g/mol. The van der Waals surface area contributed by atoms with Gasteiger partial charge >= 0.3 is 0 Å². The number of aromatic amines is 1. The zero-order valence-corrected chi connectivity index (χ0v) is 19.3. The van der Waals surface area contributed by atoms with Crippen molar-refractivity contribution in [3.63, 3.8) is 0 Å². The number of aromatic nitrogens is 2. The fraction of sp³-hybridized carbons (Fsp3) is 0.440. The Morgan fingerprint density at radius 3 is 2.23 bits per heavy atom. The molecule has 0 saturated carbocycles. The Morgan fingerprint density at radius 1 is 1.00 bits per heavy atom. The van der Waals surface area contributed by atoms with Crippen molar-refractivity contribution in [1.82, 2.24) is 15.3 Å². The third-order valence-electron chi connectivity index (χ3n) is 5.40. The normalized spacial score (nSPS) is 12.5. The SMILES string of the molecule is COc1cc2nc(CN[C@@H](c3ccc(CC(C)C)cc3)C(C)C)[nH]c(=O)c2cc1OC. The fourth-order valence-electron chi connectivity index (χ4n) is 3.88. The van der Waals surface area contributed by atoms with E-state index in [0.29, 0.717) is 46.6 Å². The Bertz CT molecular complexity index is 1070. The quantitative estimate of drug-likeness (QED) is 0.525. The van der Waals surface area contributed by atoms with Crippen LogP contribution in [0, 0.1) is 11.8 Å². The van der Waals surface area contributed by atoms with Gasteiger partial charge in [-0.05, 0) is 35.4 Å². The molecule has 0 aliphatic carbocycles. The van der Waals surface area contributed by atoms with E-state index in [4.69, 9.17) is 9.47 Å². The Balaban J connectivity index is 1.82. The van der Waals surface area contributed by atoms with Crippen LogP contribution in [-0.4, -0.2) is 24.2 Å². The third kappa shape index (κ3) is 5.44. The van der Waals surface area contributed by atoms with Crippen molar-refractivity contribution in [2.75, 3.05) is 14.2 Å². The molecule has 0 radical (unpaired) electrons. The second-order valence-electron chi connectivity index (χ2n) is 8.68. The highest BCUT2D eigenvalue weighted by molar-refractivity contribution is 5.81. The highest BCUT2D eigenvalue weighted by atomic mass is 16.5. The maximum atomic E-state index is 12.6. The number of rotatable bonds is 9. The lowest BCUT2D eigenvalue weighted by Crippen LogP contribution is -2.27. The molecular formula is C25H33N3O3. The molecule has 1 atom stereocenters. The van der Waals surface area contributed by atoms with Crippen LogP contribution in [0.2, 0.25) is 0 Å². The molecule has 0 amide bonds. The molecule has 0 saturated heterocycles. The molecule has 166 valence electrons. The number of methoxy groups -OCH3 is 2. The van der Waals surface area contributed by atoms with Crippen LogP contribution in [0.1, 0.15) is 50.7 Å². The maximum absolute atomic E-state index is 12.6. The standard InChI is InChI=1S/C25H33N3O3/c1-15(2)11-17-7-9-18(10-8-17)24(16(3)4)26-14-23-27-20-13-22(31-6)21(30-5)12-19(20)25(29)28-23/h7-10,12-13,15-16,24,26H,11,14H2,1-6H3,(H,27,28,29)/t24-/m1/s1.